The number of fused-ring (bicyclic) bond motifs is 1. The zero-order chi connectivity index (χ0) is 12.0. The van der Waals surface area contributed by atoms with E-state index in [2.05, 4.69) is 10.1 Å². The second-order valence-electron chi connectivity index (χ2n) is 3.61. The Kier molecular flexibility index (Phi) is 2.02. The minimum atomic E-state index is 0.129. The summed E-state index contributed by atoms with van der Waals surface area (Å²) >= 11 is 1.39. The van der Waals surface area contributed by atoms with Gasteiger partial charge in [-0.15, -0.1) is 4.68 Å². The van der Waals surface area contributed by atoms with Crippen molar-refractivity contribution in [2.45, 2.75) is 6.92 Å². The summed E-state index contributed by atoms with van der Waals surface area (Å²) < 4.78 is 2.91. The highest BCUT2D eigenvalue weighted by molar-refractivity contribution is 7.16. The van der Waals surface area contributed by atoms with Gasteiger partial charge in [-0.3, -0.25) is 10.8 Å². The predicted molar refractivity (Wildman–Crippen MR) is 63.0 cm³/mol. The van der Waals surface area contributed by atoms with Crippen molar-refractivity contribution in [2.75, 3.05) is 5.84 Å². The SMILES string of the molecule is Cc1sc2n(nc(-c3ccncc3)[n+]2N)c1O. The first-order valence-corrected chi connectivity index (χ1v) is 5.78. The molecule has 0 unspecified atom stereocenters. The van der Waals surface area contributed by atoms with E-state index in [-0.39, 0.29) is 5.88 Å². The monoisotopic (exact) mass is 248 g/mol. The van der Waals surface area contributed by atoms with Gasteiger partial charge in [-0.25, -0.2) is 0 Å². The number of thiazole rings is 1. The standard InChI is InChI=1S/C10H9N5OS/c1-6-9(16)15-10(17-6)14(11)8(13-15)7-2-4-12-5-3-7/h2-5H,11H2,1H3/p+1. The second-order valence-corrected chi connectivity index (χ2v) is 4.79. The second kappa shape index (κ2) is 3.42. The molecule has 0 aliphatic rings. The van der Waals surface area contributed by atoms with Crippen LogP contribution in [0.2, 0.25) is 0 Å². The Morgan fingerprint density at radius 1 is 1.41 bits per heavy atom. The van der Waals surface area contributed by atoms with Crippen molar-refractivity contribution in [3.8, 4) is 17.3 Å². The average Bonchev–Trinajstić information content (AvgIpc) is 2.81. The Morgan fingerprint density at radius 3 is 2.76 bits per heavy atom. The van der Waals surface area contributed by atoms with Crippen molar-refractivity contribution in [1.82, 2.24) is 14.6 Å². The molecule has 0 aliphatic carbocycles. The molecule has 0 spiro atoms. The fourth-order valence-corrected chi connectivity index (χ4v) is 2.49. The minimum absolute atomic E-state index is 0.129. The van der Waals surface area contributed by atoms with Gasteiger partial charge in [0.15, 0.2) is 0 Å². The van der Waals surface area contributed by atoms with Crippen LogP contribution in [0.25, 0.3) is 16.3 Å². The third kappa shape index (κ3) is 1.36. The van der Waals surface area contributed by atoms with Gasteiger partial charge in [0.2, 0.25) is 0 Å². The van der Waals surface area contributed by atoms with Crippen LogP contribution in [0.3, 0.4) is 0 Å². The molecule has 0 atom stereocenters. The summed E-state index contributed by atoms with van der Waals surface area (Å²) in [7, 11) is 0. The highest BCUT2D eigenvalue weighted by Gasteiger charge is 2.26. The third-order valence-electron chi connectivity index (χ3n) is 2.51. The van der Waals surface area contributed by atoms with E-state index in [0.29, 0.717) is 10.8 Å². The van der Waals surface area contributed by atoms with E-state index in [1.54, 1.807) is 12.4 Å². The molecule has 7 heteroatoms. The molecule has 0 aromatic carbocycles. The van der Waals surface area contributed by atoms with Gasteiger partial charge in [0.05, 0.1) is 15.5 Å². The van der Waals surface area contributed by atoms with Crippen molar-refractivity contribution >= 4 is 16.3 Å². The normalized spacial score (nSPS) is 11.1. The molecule has 0 fully saturated rings. The molecule has 3 heterocycles. The summed E-state index contributed by atoms with van der Waals surface area (Å²) in [6, 6.07) is 3.64. The van der Waals surface area contributed by atoms with Crippen LogP contribution < -0.4 is 10.5 Å². The van der Waals surface area contributed by atoms with Crippen molar-refractivity contribution in [2.24, 2.45) is 0 Å². The highest BCUT2D eigenvalue weighted by atomic mass is 32.1. The first kappa shape index (κ1) is 10.0. The smallest absolute Gasteiger partial charge is 0.350 e. The molecule has 17 heavy (non-hydrogen) atoms. The quantitative estimate of drug-likeness (QED) is 0.484. The number of nitrogens with zero attached hydrogens (tertiary/aromatic N) is 4. The maximum atomic E-state index is 9.81. The van der Waals surface area contributed by atoms with Gasteiger partial charge in [0, 0.05) is 12.4 Å². The molecule has 86 valence electrons. The molecule has 0 saturated heterocycles. The summed E-state index contributed by atoms with van der Waals surface area (Å²) in [5, 5.41) is 14.1. The number of pyridine rings is 1. The molecule has 3 rings (SSSR count). The van der Waals surface area contributed by atoms with Gasteiger partial charge in [-0.05, 0) is 23.6 Å². The van der Waals surface area contributed by atoms with Crippen LogP contribution >= 0.6 is 11.3 Å². The van der Waals surface area contributed by atoms with Crippen molar-refractivity contribution in [1.29, 1.82) is 0 Å². The van der Waals surface area contributed by atoms with Gasteiger partial charge >= 0.3 is 16.7 Å². The van der Waals surface area contributed by atoms with Crippen LogP contribution in [0.1, 0.15) is 4.88 Å². The Morgan fingerprint density at radius 2 is 2.12 bits per heavy atom. The van der Waals surface area contributed by atoms with Crippen LogP contribution in [0, 0.1) is 6.92 Å². The van der Waals surface area contributed by atoms with Crippen molar-refractivity contribution < 1.29 is 9.78 Å². The fraction of sp³-hybridized carbons (Fsp3) is 0.100. The summed E-state index contributed by atoms with van der Waals surface area (Å²) in [4.78, 5) is 5.41. The van der Waals surface area contributed by atoms with Gasteiger partial charge < -0.3 is 5.11 Å². The Labute approximate surface area is 101 Å². The maximum Gasteiger partial charge on any atom is 0.350 e. The van der Waals surface area contributed by atoms with Crippen LogP contribution in [0.5, 0.6) is 5.88 Å². The van der Waals surface area contributed by atoms with E-state index < -0.39 is 0 Å². The van der Waals surface area contributed by atoms with E-state index in [9.17, 15) is 5.11 Å². The average molecular weight is 248 g/mol. The number of aryl methyl sites for hydroxylation is 1. The maximum absolute atomic E-state index is 9.81. The molecule has 3 N–H and O–H groups in total. The molecule has 0 radical (unpaired) electrons. The van der Waals surface area contributed by atoms with Gasteiger partial charge in [0.25, 0.3) is 0 Å². The Balaban J connectivity index is 2.29. The zero-order valence-electron chi connectivity index (χ0n) is 9.03. The molecule has 3 aromatic rings. The number of aromatic nitrogens is 4. The van der Waals surface area contributed by atoms with Crippen LogP contribution in [-0.4, -0.2) is 19.7 Å². The summed E-state index contributed by atoms with van der Waals surface area (Å²) in [6.07, 6.45) is 3.35. The van der Waals surface area contributed by atoms with E-state index in [4.69, 9.17) is 5.84 Å². The fourth-order valence-electron chi connectivity index (χ4n) is 1.64. The summed E-state index contributed by atoms with van der Waals surface area (Å²) in [6.45, 7) is 1.82. The molecule has 0 bridgehead atoms. The largest absolute Gasteiger partial charge is 0.480 e. The lowest BCUT2D eigenvalue weighted by molar-refractivity contribution is -0.598. The first-order valence-electron chi connectivity index (χ1n) is 4.97. The van der Waals surface area contributed by atoms with Gasteiger partial charge in [-0.1, -0.05) is 11.3 Å². The predicted octanol–water partition coefficient (Wildman–Crippen LogP) is 0.473. The number of hydrogen-bond donors (Lipinski definition) is 2. The van der Waals surface area contributed by atoms with E-state index in [1.807, 2.05) is 19.1 Å². The van der Waals surface area contributed by atoms with Crippen LogP contribution in [-0.2, 0) is 0 Å². The molecule has 0 saturated carbocycles. The molecule has 6 nitrogen and oxygen atoms in total. The summed E-state index contributed by atoms with van der Waals surface area (Å²) in [5.41, 5.74) is 0.857. The van der Waals surface area contributed by atoms with E-state index in [0.717, 1.165) is 10.4 Å². The molecule has 3 aromatic heterocycles. The number of hydrogen-bond acceptors (Lipinski definition) is 5. The summed E-state index contributed by atoms with van der Waals surface area (Å²) in [5.74, 6) is 6.69. The van der Waals surface area contributed by atoms with Crippen LogP contribution in [0.15, 0.2) is 24.5 Å². The number of aromatic hydroxyl groups is 1. The number of nitrogen functional groups attached to an aromatic ring is 1. The topological polar surface area (TPSA) is 80.3 Å². The molecule has 0 aliphatic heterocycles. The van der Waals surface area contributed by atoms with Crippen LogP contribution in [0.4, 0.5) is 0 Å². The number of rotatable bonds is 1. The van der Waals surface area contributed by atoms with Gasteiger partial charge in [-0.2, -0.15) is 0 Å². The Hall–Kier alpha value is -2.15. The van der Waals surface area contributed by atoms with Crippen molar-refractivity contribution in [3.63, 3.8) is 0 Å². The molecular formula is C10H10N5OS+. The molecule has 0 amide bonds. The lowest BCUT2D eigenvalue weighted by Gasteiger charge is -1.91. The van der Waals surface area contributed by atoms with Gasteiger partial charge in [0.1, 0.15) is 0 Å². The van der Waals surface area contributed by atoms with E-state index in [1.165, 1.54) is 20.5 Å². The highest BCUT2D eigenvalue weighted by Crippen LogP contribution is 2.26. The van der Waals surface area contributed by atoms with Crippen molar-refractivity contribution in [3.05, 3.63) is 29.4 Å². The lowest BCUT2D eigenvalue weighted by Crippen LogP contribution is -2.45. The molecular weight excluding hydrogens is 238 g/mol. The minimum Gasteiger partial charge on any atom is -0.480 e. The lowest BCUT2D eigenvalue weighted by atomic mass is 10.2. The number of nitrogens with two attached hydrogens (primary N) is 1. The van der Waals surface area contributed by atoms with E-state index >= 15 is 0 Å². The first-order chi connectivity index (χ1) is 8.18. The zero-order valence-corrected chi connectivity index (χ0v) is 9.85. The Bertz CT molecular complexity index is 688. The third-order valence-corrected chi connectivity index (χ3v) is 3.55.